The van der Waals surface area contributed by atoms with Gasteiger partial charge in [-0.25, -0.2) is 8.78 Å². The Morgan fingerprint density at radius 2 is 1.52 bits per heavy atom. The molecule has 4 heteroatoms. The minimum atomic E-state index is -0.767. The second-order valence-corrected chi connectivity index (χ2v) is 8.00. The van der Waals surface area contributed by atoms with Crippen LogP contribution in [0, 0.1) is 29.4 Å². The first-order valence-electron chi connectivity index (χ1n) is 9.69. The molecular weight excluding hydrogens is 322 g/mol. The first-order chi connectivity index (χ1) is 12.0. The second kappa shape index (κ2) is 8.29. The Bertz CT molecular complexity index is 586. The van der Waals surface area contributed by atoms with Gasteiger partial charge in [0, 0.05) is 6.42 Å². The average Bonchev–Trinajstić information content (AvgIpc) is 2.63. The summed E-state index contributed by atoms with van der Waals surface area (Å²) in [6.07, 6.45) is 10.4. The monoisotopic (exact) mass is 350 g/mol. The van der Waals surface area contributed by atoms with E-state index >= 15 is 0 Å². The molecule has 138 valence electrons. The molecule has 1 aromatic rings. The Morgan fingerprint density at radius 3 is 2.08 bits per heavy atom. The molecule has 0 heterocycles. The Labute approximate surface area is 148 Å². The number of carboxylic acid groups (broad SMARTS) is 1. The molecule has 0 unspecified atom stereocenters. The van der Waals surface area contributed by atoms with Crippen molar-refractivity contribution < 1.29 is 18.7 Å². The van der Waals surface area contributed by atoms with Gasteiger partial charge in [-0.1, -0.05) is 18.9 Å². The number of carbonyl (C=O) groups is 1. The van der Waals surface area contributed by atoms with Gasteiger partial charge in [-0.3, -0.25) is 4.79 Å². The predicted octanol–water partition coefficient (Wildman–Crippen LogP) is 5.91. The Morgan fingerprint density at radius 1 is 0.920 bits per heavy atom. The molecule has 0 radical (unpaired) electrons. The van der Waals surface area contributed by atoms with Crippen LogP contribution in [0.3, 0.4) is 0 Å². The third-order valence-corrected chi connectivity index (χ3v) is 6.51. The van der Waals surface area contributed by atoms with Crippen molar-refractivity contribution in [3.63, 3.8) is 0 Å². The van der Waals surface area contributed by atoms with Crippen LogP contribution in [-0.2, 0) is 4.79 Å². The maximum atomic E-state index is 13.4. The van der Waals surface area contributed by atoms with E-state index in [4.69, 9.17) is 5.11 Å². The molecule has 2 aliphatic rings. The summed E-state index contributed by atoms with van der Waals surface area (Å²) in [7, 11) is 0. The van der Waals surface area contributed by atoms with Gasteiger partial charge < -0.3 is 5.11 Å². The molecule has 2 nitrogen and oxygen atoms in total. The van der Waals surface area contributed by atoms with E-state index in [1.807, 2.05) is 0 Å². The van der Waals surface area contributed by atoms with E-state index in [-0.39, 0.29) is 0 Å². The minimum absolute atomic E-state index is 0.300. The van der Waals surface area contributed by atoms with E-state index in [9.17, 15) is 13.6 Å². The molecule has 2 fully saturated rings. The van der Waals surface area contributed by atoms with Crippen molar-refractivity contribution in [3.05, 3.63) is 35.4 Å². The predicted molar refractivity (Wildman–Crippen MR) is 93.4 cm³/mol. The number of carboxylic acids is 1. The van der Waals surface area contributed by atoms with E-state index < -0.39 is 17.6 Å². The zero-order valence-electron chi connectivity index (χ0n) is 14.7. The fourth-order valence-electron chi connectivity index (χ4n) is 4.97. The fourth-order valence-corrected chi connectivity index (χ4v) is 4.97. The topological polar surface area (TPSA) is 37.3 Å². The molecule has 1 aromatic carbocycles. The summed E-state index contributed by atoms with van der Waals surface area (Å²) >= 11 is 0. The zero-order chi connectivity index (χ0) is 17.8. The zero-order valence-corrected chi connectivity index (χ0v) is 14.7. The largest absolute Gasteiger partial charge is 0.481 e. The third kappa shape index (κ3) is 4.80. The molecule has 0 spiro atoms. The smallest absolute Gasteiger partial charge is 0.303 e. The summed E-state index contributed by atoms with van der Waals surface area (Å²) in [5.41, 5.74) is 0.940. The normalized spacial score (nSPS) is 30.2. The lowest BCUT2D eigenvalue weighted by Crippen LogP contribution is -2.25. The van der Waals surface area contributed by atoms with Crippen molar-refractivity contribution in [1.82, 2.24) is 0 Å². The van der Waals surface area contributed by atoms with Crippen LogP contribution in [0.5, 0.6) is 0 Å². The number of hydrogen-bond acceptors (Lipinski definition) is 1. The highest BCUT2D eigenvalue weighted by Crippen LogP contribution is 2.44. The van der Waals surface area contributed by atoms with Crippen LogP contribution >= 0.6 is 0 Å². The highest BCUT2D eigenvalue weighted by molar-refractivity contribution is 5.66. The van der Waals surface area contributed by atoms with Gasteiger partial charge in [-0.15, -0.1) is 0 Å². The summed E-state index contributed by atoms with van der Waals surface area (Å²) in [6.45, 7) is 0. The lowest BCUT2D eigenvalue weighted by Gasteiger charge is -2.38. The molecule has 3 rings (SSSR count). The van der Waals surface area contributed by atoms with Crippen LogP contribution in [0.25, 0.3) is 0 Å². The lowest BCUT2D eigenvalue weighted by molar-refractivity contribution is -0.137. The van der Waals surface area contributed by atoms with E-state index in [2.05, 4.69) is 0 Å². The number of halogens is 2. The van der Waals surface area contributed by atoms with E-state index in [0.717, 1.165) is 36.7 Å². The lowest BCUT2D eigenvalue weighted by atomic mass is 9.68. The molecule has 0 aliphatic heterocycles. The summed E-state index contributed by atoms with van der Waals surface area (Å²) in [5.74, 6) is 0.284. The van der Waals surface area contributed by atoms with Gasteiger partial charge in [0.2, 0.25) is 0 Å². The van der Waals surface area contributed by atoms with Crippen molar-refractivity contribution in [2.45, 2.75) is 70.1 Å². The Kier molecular flexibility index (Phi) is 6.08. The second-order valence-electron chi connectivity index (χ2n) is 8.00. The van der Waals surface area contributed by atoms with Gasteiger partial charge in [-0.2, -0.15) is 0 Å². The maximum Gasteiger partial charge on any atom is 0.303 e. The quantitative estimate of drug-likeness (QED) is 0.717. The van der Waals surface area contributed by atoms with Gasteiger partial charge in [-0.05, 0) is 86.3 Å². The first kappa shape index (κ1) is 18.3. The first-order valence-corrected chi connectivity index (χ1v) is 9.69. The highest BCUT2D eigenvalue weighted by Gasteiger charge is 2.31. The molecule has 2 aliphatic carbocycles. The van der Waals surface area contributed by atoms with Crippen molar-refractivity contribution in [1.29, 1.82) is 0 Å². The molecule has 25 heavy (non-hydrogen) atoms. The number of hydrogen-bond donors (Lipinski definition) is 1. The van der Waals surface area contributed by atoms with Gasteiger partial charge in [0.05, 0.1) is 0 Å². The summed E-state index contributed by atoms with van der Waals surface area (Å²) in [5, 5.41) is 8.81. The number of rotatable bonds is 5. The van der Waals surface area contributed by atoms with Crippen LogP contribution in [-0.4, -0.2) is 11.1 Å². The van der Waals surface area contributed by atoms with Crippen LogP contribution < -0.4 is 0 Å². The highest BCUT2D eigenvalue weighted by atomic mass is 19.2. The van der Waals surface area contributed by atoms with Gasteiger partial charge in [0.15, 0.2) is 11.6 Å². The molecule has 1 N–H and O–H groups in total. The molecular formula is C21H28F2O2. The Hall–Kier alpha value is -1.45. The molecule has 0 atom stereocenters. The van der Waals surface area contributed by atoms with E-state index in [1.165, 1.54) is 50.7 Å². The van der Waals surface area contributed by atoms with E-state index in [1.54, 1.807) is 6.07 Å². The van der Waals surface area contributed by atoms with Crippen LogP contribution in [0.2, 0.25) is 0 Å². The van der Waals surface area contributed by atoms with Gasteiger partial charge in [0.25, 0.3) is 0 Å². The van der Waals surface area contributed by atoms with Crippen molar-refractivity contribution >= 4 is 5.97 Å². The van der Waals surface area contributed by atoms with Crippen LogP contribution in [0.15, 0.2) is 18.2 Å². The molecule has 0 amide bonds. The number of aliphatic carboxylic acids is 1. The summed E-state index contributed by atoms with van der Waals surface area (Å²) in [6, 6.07) is 4.35. The van der Waals surface area contributed by atoms with Crippen molar-refractivity contribution in [2.24, 2.45) is 17.8 Å². The molecule has 0 aromatic heterocycles. The molecule has 0 saturated heterocycles. The average molecular weight is 350 g/mol. The summed E-state index contributed by atoms with van der Waals surface area (Å²) < 4.78 is 26.5. The fraction of sp³-hybridized carbons (Fsp3) is 0.667. The Balaban J connectivity index is 1.45. The maximum absolute atomic E-state index is 13.4. The van der Waals surface area contributed by atoms with Crippen molar-refractivity contribution in [2.75, 3.05) is 0 Å². The SMILES string of the molecule is O=C(O)CCC1CCC(C2CCC(c3ccc(F)c(F)c3)CC2)CC1. The molecule has 0 bridgehead atoms. The van der Waals surface area contributed by atoms with Crippen LogP contribution in [0.4, 0.5) is 8.78 Å². The van der Waals surface area contributed by atoms with Gasteiger partial charge in [0.1, 0.15) is 0 Å². The van der Waals surface area contributed by atoms with Crippen molar-refractivity contribution in [3.8, 4) is 0 Å². The number of benzene rings is 1. The summed E-state index contributed by atoms with van der Waals surface area (Å²) in [4.78, 5) is 10.7. The van der Waals surface area contributed by atoms with E-state index in [0.29, 0.717) is 18.3 Å². The minimum Gasteiger partial charge on any atom is -0.481 e. The standard InChI is InChI=1S/C21H28F2O2/c22-19-11-10-18(13-20(19)23)17-8-6-16(7-9-17)15-4-1-14(2-5-15)3-12-21(24)25/h10-11,13-17H,1-9,12H2,(H,24,25). The third-order valence-electron chi connectivity index (χ3n) is 6.51. The van der Waals surface area contributed by atoms with Crippen LogP contribution in [0.1, 0.15) is 75.7 Å². The molecule has 2 saturated carbocycles. The van der Waals surface area contributed by atoms with Gasteiger partial charge >= 0.3 is 5.97 Å².